The van der Waals surface area contributed by atoms with Crippen LogP contribution in [0.25, 0.3) is 0 Å². The van der Waals surface area contributed by atoms with Crippen LogP contribution in [0.3, 0.4) is 0 Å². The molecule has 0 radical (unpaired) electrons. The van der Waals surface area contributed by atoms with Crippen molar-refractivity contribution in [3.8, 4) is 5.75 Å². The highest BCUT2D eigenvalue weighted by molar-refractivity contribution is 5.80. The van der Waals surface area contributed by atoms with Crippen molar-refractivity contribution < 1.29 is 19.4 Å². The second kappa shape index (κ2) is 6.41. The zero-order valence-corrected chi connectivity index (χ0v) is 11.5. The van der Waals surface area contributed by atoms with Gasteiger partial charge >= 0.3 is 5.97 Å². The molecule has 2 rings (SSSR count). The van der Waals surface area contributed by atoms with E-state index in [0.29, 0.717) is 19.4 Å². The van der Waals surface area contributed by atoms with E-state index in [1.54, 1.807) is 6.92 Å². The van der Waals surface area contributed by atoms with Gasteiger partial charge < -0.3 is 15.2 Å². The lowest BCUT2D eigenvalue weighted by molar-refractivity contribution is -0.141. The third kappa shape index (κ3) is 3.29. The van der Waals surface area contributed by atoms with E-state index in [1.807, 2.05) is 24.3 Å². The molecule has 5 nitrogen and oxygen atoms in total. The zero-order valence-electron chi connectivity index (χ0n) is 11.5. The molecule has 1 aromatic rings. The second-order valence-corrected chi connectivity index (χ2v) is 5.01. The van der Waals surface area contributed by atoms with Crippen LogP contribution in [0.1, 0.15) is 18.9 Å². The number of benzene rings is 1. The summed E-state index contributed by atoms with van der Waals surface area (Å²) >= 11 is 0. The fourth-order valence-electron chi connectivity index (χ4n) is 2.27. The first-order valence-electron chi connectivity index (χ1n) is 6.83. The summed E-state index contributed by atoms with van der Waals surface area (Å²) < 4.78 is 5.56. The fraction of sp³-hybridized carbons (Fsp3) is 0.467. The van der Waals surface area contributed by atoms with E-state index in [-0.39, 0.29) is 18.4 Å². The largest absolute Gasteiger partial charge is 0.492 e. The molecule has 2 N–H and O–H groups in total. The maximum Gasteiger partial charge on any atom is 0.308 e. The number of hydrogen-bond acceptors (Lipinski definition) is 3. The summed E-state index contributed by atoms with van der Waals surface area (Å²) in [6.07, 6.45) is 1.13. The molecular formula is C15H19NO4. The topological polar surface area (TPSA) is 75.6 Å². The van der Waals surface area contributed by atoms with E-state index in [0.717, 1.165) is 11.3 Å². The molecule has 1 aromatic carbocycles. The molecule has 1 aliphatic heterocycles. The summed E-state index contributed by atoms with van der Waals surface area (Å²) in [5.41, 5.74) is 1.02. The van der Waals surface area contributed by atoms with Gasteiger partial charge in [0.25, 0.3) is 0 Å². The molecule has 0 aromatic heterocycles. The molecule has 20 heavy (non-hydrogen) atoms. The number of ether oxygens (including phenoxy) is 1. The Morgan fingerprint density at radius 1 is 1.45 bits per heavy atom. The minimum atomic E-state index is -0.877. The SMILES string of the molecule is CCC(CNC(=O)C1COc2ccccc2C1)C(=O)O. The smallest absolute Gasteiger partial charge is 0.308 e. The van der Waals surface area contributed by atoms with Crippen LogP contribution in [0, 0.1) is 11.8 Å². The van der Waals surface area contributed by atoms with Gasteiger partial charge in [-0.25, -0.2) is 0 Å². The molecule has 0 spiro atoms. The third-order valence-corrected chi connectivity index (χ3v) is 3.61. The Labute approximate surface area is 117 Å². The number of hydrogen-bond donors (Lipinski definition) is 2. The number of carbonyl (C=O) groups is 2. The molecule has 0 saturated heterocycles. The standard InChI is InChI=1S/C15H19NO4/c1-2-10(15(18)19)8-16-14(17)12-7-11-5-3-4-6-13(11)20-9-12/h3-6,10,12H,2,7-9H2,1H3,(H,16,17)(H,18,19). The summed E-state index contributed by atoms with van der Waals surface area (Å²) in [5, 5.41) is 11.7. The van der Waals surface area contributed by atoms with Crippen molar-refractivity contribution in [2.24, 2.45) is 11.8 Å². The number of para-hydroxylation sites is 1. The molecule has 5 heteroatoms. The summed E-state index contributed by atoms with van der Waals surface area (Å²) in [6.45, 7) is 2.31. The van der Waals surface area contributed by atoms with Gasteiger partial charge in [0.2, 0.25) is 5.91 Å². The maximum absolute atomic E-state index is 12.1. The van der Waals surface area contributed by atoms with Gasteiger partial charge in [-0.15, -0.1) is 0 Å². The number of carboxylic acid groups (broad SMARTS) is 1. The number of carboxylic acids is 1. The summed E-state index contributed by atoms with van der Waals surface area (Å²) in [4.78, 5) is 23.0. The van der Waals surface area contributed by atoms with Gasteiger partial charge in [-0.1, -0.05) is 25.1 Å². The van der Waals surface area contributed by atoms with Crippen molar-refractivity contribution in [2.75, 3.05) is 13.2 Å². The average Bonchev–Trinajstić information content (AvgIpc) is 2.46. The predicted molar refractivity (Wildman–Crippen MR) is 73.6 cm³/mol. The van der Waals surface area contributed by atoms with Crippen molar-refractivity contribution in [3.05, 3.63) is 29.8 Å². The number of aliphatic carboxylic acids is 1. The van der Waals surface area contributed by atoms with Crippen molar-refractivity contribution in [1.82, 2.24) is 5.32 Å². The summed E-state index contributed by atoms with van der Waals surface area (Å²) in [7, 11) is 0. The van der Waals surface area contributed by atoms with Crippen molar-refractivity contribution in [3.63, 3.8) is 0 Å². The van der Waals surface area contributed by atoms with Gasteiger partial charge in [0, 0.05) is 6.54 Å². The normalized spacial score (nSPS) is 18.6. The Hall–Kier alpha value is -2.04. The third-order valence-electron chi connectivity index (χ3n) is 3.61. The van der Waals surface area contributed by atoms with Crippen LogP contribution in [0.5, 0.6) is 5.75 Å². The lowest BCUT2D eigenvalue weighted by atomic mass is 9.96. The number of carbonyl (C=O) groups excluding carboxylic acids is 1. The van der Waals surface area contributed by atoms with E-state index in [9.17, 15) is 9.59 Å². The van der Waals surface area contributed by atoms with Crippen molar-refractivity contribution in [1.29, 1.82) is 0 Å². The quantitative estimate of drug-likeness (QED) is 0.854. The Morgan fingerprint density at radius 3 is 2.90 bits per heavy atom. The first-order valence-corrected chi connectivity index (χ1v) is 6.83. The number of nitrogens with one attached hydrogen (secondary N) is 1. The molecule has 1 aliphatic rings. The summed E-state index contributed by atoms with van der Waals surface area (Å²) in [5.74, 6) is -0.974. The van der Waals surface area contributed by atoms with E-state index < -0.39 is 11.9 Å². The van der Waals surface area contributed by atoms with E-state index >= 15 is 0 Å². The number of fused-ring (bicyclic) bond motifs is 1. The van der Waals surface area contributed by atoms with Gasteiger partial charge in [0.1, 0.15) is 12.4 Å². The van der Waals surface area contributed by atoms with Crippen LogP contribution in [0.4, 0.5) is 0 Å². The Balaban J connectivity index is 1.90. The molecule has 108 valence electrons. The molecule has 1 heterocycles. The highest BCUT2D eigenvalue weighted by Gasteiger charge is 2.26. The second-order valence-electron chi connectivity index (χ2n) is 5.01. The highest BCUT2D eigenvalue weighted by atomic mass is 16.5. The Morgan fingerprint density at radius 2 is 2.20 bits per heavy atom. The molecular weight excluding hydrogens is 258 g/mol. The molecule has 2 unspecified atom stereocenters. The molecule has 2 atom stereocenters. The predicted octanol–water partition coefficient (Wildman–Crippen LogP) is 1.46. The maximum atomic E-state index is 12.1. The molecule has 0 saturated carbocycles. The summed E-state index contributed by atoms with van der Waals surface area (Å²) in [6, 6.07) is 7.65. The number of amides is 1. The van der Waals surface area contributed by atoms with Crippen LogP contribution >= 0.6 is 0 Å². The minimum Gasteiger partial charge on any atom is -0.492 e. The van der Waals surface area contributed by atoms with E-state index in [2.05, 4.69) is 5.32 Å². The van der Waals surface area contributed by atoms with E-state index in [1.165, 1.54) is 0 Å². The molecule has 1 amide bonds. The van der Waals surface area contributed by atoms with Crippen molar-refractivity contribution in [2.45, 2.75) is 19.8 Å². The van der Waals surface area contributed by atoms with Gasteiger partial charge in [-0.3, -0.25) is 9.59 Å². The minimum absolute atomic E-state index is 0.140. The van der Waals surface area contributed by atoms with Crippen LogP contribution in [0.2, 0.25) is 0 Å². The van der Waals surface area contributed by atoms with Crippen molar-refractivity contribution >= 4 is 11.9 Å². The van der Waals surface area contributed by atoms with Gasteiger partial charge in [-0.2, -0.15) is 0 Å². The zero-order chi connectivity index (χ0) is 14.5. The van der Waals surface area contributed by atoms with Crippen LogP contribution in [-0.2, 0) is 16.0 Å². The van der Waals surface area contributed by atoms with Gasteiger partial charge in [0.05, 0.1) is 11.8 Å². The monoisotopic (exact) mass is 277 g/mol. The first kappa shape index (κ1) is 14.4. The lowest BCUT2D eigenvalue weighted by Gasteiger charge is -2.25. The lowest BCUT2D eigenvalue weighted by Crippen LogP contribution is -2.40. The Bertz CT molecular complexity index is 500. The Kier molecular flexibility index (Phi) is 4.61. The van der Waals surface area contributed by atoms with E-state index in [4.69, 9.17) is 9.84 Å². The number of rotatable bonds is 5. The van der Waals surface area contributed by atoms with Crippen LogP contribution < -0.4 is 10.1 Å². The van der Waals surface area contributed by atoms with Gasteiger partial charge in [0.15, 0.2) is 0 Å². The average molecular weight is 277 g/mol. The molecule has 0 aliphatic carbocycles. The van der Waals surface area contributed by atoms with Crippen LogP contribution in [0.15, 0.2) is 24.3 Å². The van der Waals surface area contributed by atoms with Crippen LogP contribution in [-0.4, -0.2) is 30.1 Å². The van der Waals surface area contributed by atoms with Gasteiger partial charge in [-0.05, 0) is 24.5 Å². The highest BCUT2D eigenvalue weighted by Crippen LogP contribution is 2.26. The first-order chi connectivity index (χ1) is 9.61. The fourth-order valence-corrected chi connectivity index (χ4v) is 2.27. The molecule has 0 fully saturated rings. The molecule has 0 bridgehead atoms.